The number of aromatic amines is 1. The van der Waals surface area contributed by atoms with E-state index in [1.165, 1.54) is 36.4 Å². The summed E-state index contributed by atoms with van der Waals surface area (Å²) in [6.45, 7) is 6.09. The van der Waals surface area contributed by atoms with E-state index in [4.69, 9.17) is 23.5 Å². The summed E-state index contributed by atoms with van der Waals surface area (Å²) in [5, 5.41) is 57.8. The summed E-state index contributed by atoms with van der Waals surface area (Å²) in [5.41, 5.74) is 2.08. The molecule has 12 N–H and O–H groups in total. The third-order valence-electron chi connectivity index (χ3n) is 15.7. The molecular formula is C64H92N14O22S2. The van der Waals surface area contributed by atoms with Crippen molar-refractivity contribution < 1.29 is 103 Å². The highest BCUT2D eigenvalue weighted by molar-refractivity contribution is 7.89. The van der Waals surface area contributed by atoms with Crippen LogP contribution in [0.1, 0.15) is 59.2 Å². The van der Waals surface area contributed by atoms with E-state index in [2.05, 4.69) is 50.6 Å². The van der Waals surface area contributed by atoms with E-state index in [-0.39, 0.29) is 171 Å². The van der Waals surface area contributed by atoms with Gasteiger partial charge < -0.3 is 75.1 Å². The lowest BCUT2D eigenvalue weighted by Gasteiger charge is -2.33. The molecule has 6 rings (SSSR count). The second-order valence-electron chi connectivity index (χ2n) is 23.9. The Bertz CT molecular complexity index is 3720. The van der Waals surface area contributed by atoms with Crippen molar-refractivity contribution in [3.05, 3.63) is 95.4 Å². The van der Waals surface area contributed by atoms with Crippen LogP contribution >= 0.6 is 0 Å². The number of carboxylic acids is 4. The molecule has 1 fully saturated rings. The first-order valence-electron chi connectivity index (χ1n) is 33.0. The van der Waals surface area contributed by atoms with Gasteiger partial charge in [-0.15, -0.1) is 0 Å². The van der Waals surface area contributed by atoms with Gasteiger partial charge in [0.2, 0.25) is 27.7 Å². The quantitative estimate of drug-likeness (QED) is 0.0175. The number of carbonyl (C=O) groups excluding carboxylic acids is 4. The van der Waals surface area contributed by atoms with Crippen molar-refractivity contribution in [1.82, 2.24) is 65.3 Å². The van der Waals surface area contributed by atoms with E-state index in [0.717, 1.165) is 11.9 Å². The number of carboxylic acid groups (broad SMARTS) is 4. The second-order valence-corrected chi connectivity index (χ2v) is 26.5. The van der Waals surface area contributed by atoms with Crippen molar-refractivity contribution in [2.24, 2.45) is 0 Å². The number of H-pyrrole nitrogens is 1. The molecule has 1 aliphatic rings. The maximum absolute atomic E-state index is 13.8. The Labute approximate surface area is 590 Å². The summed E-state index contributed by atoms with van der Waals surface area (Å²) < 4.78 is 90.1. The number of benzene rings is 3. The number of nitrogens with zero attached hydrogens (tertiary/aromatic N) is 7. The van der Waals surface area contributed by atoms with Gasteiger partial charge in [-0.25, -0.2) is 13.4 Å². The van der Waals surface area contributed by atoms with Crippen molar-refractivity contribution in [2.45, 2.75) is 75.9 Å². The van der Waals surface area contributed by atoms with Crippen LogP contribution in [0.3, 0.4) is 0 Å². The third kappa shape index (κ3) is 30.7. The molecular weight excluding hydrogens is 1380 g/mol. The number of anilines is 1. The van der Waals surface area contributed by atoms with Crippen LogP contribution in [-0.2, 0) is 81.2 Å². The average molecular weight is 1470 g/mol. The number of aromatic nitrogens is 4. The van der Waals surface area contributed by atoms with Crippen LogP contribution in [-0.4, -0.2) is 292 Å². The fourth-order valence-electron chi connectivity index (χ4n) is 10.8. The second kappa shape index (κ2) is 42.5. The average Bonchev–Trinajstić information content (AvgIpc) is 0.950. The molecule has 0 aliphatic carbocycles. The van der Waals surface area contributed by atoms with E-state index in [1.807, 2.05) is 0 Å². The molecule has 5 aromatic rings. The molecule has 1 aliphatic heterocycles. The van der Waals surface area contributed by atoms with Crippen LogP contribution in [0.2, 0.25) is 0 Å². The molecule has 2 aromatic heterocycles. The number of imidazole rings is 1. The number of carbonyl (C=O) groups is 8. The predicted octanol–water partition coefficient (Wildman–Crippen LogP) is -0.354. The molecule has 4 amide bonds. The summed E-state index contributed by atoms with van der Waals surface area (Å²) >= 11 is 0. The van der Waals surface area contributed by atoms with Crippen LogP contribution in [0.25, 0.3) is 10.9 Å². The van der Waals surface area contributed by atoms with Gasteiger partial charge in [0.15, 0.2) is 5.95 Å². The van der Waals surface area contributed by atoms with Gasteiger partial charge in [0.25, 0.3) is 5.91 Å². The first kappa shape index (κ1) is 82.0. The standard InChI is InChI=1S/C64H92N14O22S2/c1-45-35-51(36-46(2)60(45)101(91,92)73-53(63(89)90)40-70-61(87)48-10-13-54-49(38-48)39-71-78(54)19-4-14-67-64-68-17-18-69-64)99-30-3-7-55(79)65-15-5-28-96-31-33-98-34-32-97-29-6-16-66-62(88)52(37-47-8-11-50(12-9-47)100-102(93,94)95)72-56(80)41-74-20-22-75(42-57(81)82)24-26-77(44-59(85)86)27-25-76(23-21-74)43-58(83)84/h8-13,17-18,35-36,38-39,52-53,73H,3-7,14-16,19-34,37,40-44H2,1-2H3,(H,65,79)(H,66,88)(H,70,87)(H,72,80)(H,81,82)(H,83,84)(H,85,86)(H,89,90)(H2,67,68,69)(H,93,94,95)/t52-,53-/m1/s1. The molecule has 3 heterocycles. The summed E-state index contributed by atoms with van der Waals surface area (Å²) in [7, 11) is -9.23. The molecule has 38 heteroatoms. The predicted molar refractivity (Wildman–Crippen MR) is 367 cm³/mol. The van der Waals surface area contributed by atoms with E-state index in [0.29, 0.717) is 68.2 Å². The van der Waals surface area contributed by atoms with Crippen LogP contribution in [0.4, 0.5) is 5.95 Å². The van der Waals surface area contributed by atoms with Gasteiger partial charge in [-0.3, -0.25) is 67.2 Å². The summed E-state index contributed by atoms with van der Waals surface area (Å²) in [4.78, 5) is 114. The van der Waals surface area contributed by atoms with Gasteiger partial charge in [0, 0.05) is 134 Å². The minimum absolute atomic E-state index is 0.0671. The van der Waals surface area contributed by atoms with Gasteiger partial charge in [0.1, 0.15) is 23.6 Å². The van der Waals surface area contributed by atoms with Crippen molar-refractivity contribution in [3.8, 4) is 11.5 Å². The van der Waals surface area contributed by atoms with Crippen LogP contribution in [0, 0.1) is 13.8 Å². The van der Waals surface area contributed by atoms with E-state index in [1.54, 1.807) is 74.9 Å². The van der Waals surface area contributed by atoms with E-state index >= 15 is 0 Å². The Morgan fingerprint density at radius 2 is 1.17 bits per heavy atom. The monoisotopic (exact) mass is 1470 g/mol. The minimum atomic E-state index is -4.82. The van der Waals surface area contributed by atoms with Gasteiger partial charge in [-0.05, 0) is 98.7 Å². The first-order valence-corrected chi connectivity index (χ1v) is 35.9. The number of amides is 4. The number of hydrogen-bond donors (Lipinski definition) is 12. The van der Waals surface area contributed by atoms with Crippen molar-refractivity contribution in [2.75, 3.05) is 156 Å². The molecule has 2 atom stereocenters. The van der Waals surface area contributed by atoms with Crippen LogP contribution in [0.15, 0.2) is 78.1 Å². The molecule has 0 radical (unpaired) electrons. The number of aryl methyl sites for hydroxylation is 3. The van der Waals surface area contributed by atoms with Crippen LogP contribution in [0.5, 0.6) is 11.5 Å². The Morgan fingerprint density at radius 3 is 1.71 bits per heavy atom. The van der Waals surface area contributed by atoms with Crippen molar-refractivity contribution >= 4 is 84.8 Å². The van der Waals surface area contributed by atoms with Gasteiger partial charge in [-0.2, -0.15) is 18.2 Å². The molecule has 0 bridgehead atoms. The lowest BCUT2D eigenvalue weighted by molar-refractivity contribution is -0.140. The molecule has 3 aromatic carbocycles. The number of sulfonamides is 1. The lowest BCUT2D eigenvalue weighted by atomic mass is 10.0. The zero-order valence-electron chi connectivity index (χ0n) is 56.9. The highest BCUT2D eigenvalue weighted by Gasteiger charge is 2.30. The topological polar surface area (TPSA) is 484 Å². The zero-order valence-corrected chi connectivity index (χ0v) is 58.6. The molecule has 0 saturated carbocycles. The minimum Gasteiger partial charge on any atom is -0.494 e. The lowest BCUT2D eigenvalue weighted by Crippen LogP contribution is -2.53. The van der Waals surface area contributed by atoms with Crippen LogP contribution < -0.4 is 40.2 Å². The fraction of sp³-hybridized carbons (Fsp3) is 0.531. The van der Waals surface area contributed by atoms with Gasteiger partial charge in [0.05, 0.1) is 75.8 Å². The highest BCUT2D eigenvalue weighted by atomic mass is 32.3. The largest absolute Gasteiger partial charge is 0.494 e. The number of nitrogens with one attached hydrogen (secondary N) is 7. The Hall–Kier alpha value is -8.96. The molecule has 0 spiro atoms. The molecule has 562 valence electrons. The summed E-state index contributed by atoms with van der Waals surface area (Å²) in [6, 6.07) is 10.5. The third-order valence-corrected chi connectivity index (χ3v) is 17.9. The molecule has 36 nitrogen and oxygen atoms in total. The number of ether oxygens (including phenoxy) is 4. The molecule has 102 heavy (non-hydrogen) atoms. The van der Waals surface area contributed by atoms with E-state index in [9.17, 15) is 75.6 Å². The number of aliphatic carboxylic acids is 4. The first-order chi connectivity index (χ1) is 48.7. The normalized spacial score (nSPS) is 14.5. The number of hydrogen-bond acceptors (Lipinski definition) is 24. The maximum atomic E-state index is 13.8. The maximum Gasteiger partial charge on any atom is 0.446 e. The van der Waals surface area contributed by atoms with E-state index < -0.39 is 80.6 Å². The smallest absolute Gasteiger partial charge is 0.446 e. The molecule has 1 saturated heterocycles. The van der Waals surface area contributed by atoms with Crippen molar-refractivity contribution in [3.63, 3.8) is 0 Å². The number of rotatable bonds is 45. The van der Waals surface area contributed by atoms with Gasteiger partial charge in [-0.1, -0.05) is 12.1 Å². The molecule has 0 unspecified atom stereocenters. The summed E-state index contributed by atoms with van der Waals surface area (Å²) in [5.74, 6) is -5.97. The van der Waals surface area contributed by atoms with Crippen molar-refractivity contribution in [1.29, 1.82) is 0 Å². The number of fused-ring (bicyclic) bond motifs is 1. The zero-order chi connectivity index (χ0) is 74.0. The summed E-state index contributed by atoms with van der Waals surface area (Å²) in [6.07, 6.45) is 7.09. The van der Waals surface area contributed by atoms with Gasteiger partial charge >= 0.3 is 34.3 Å². The Kier molecular flexibility index (Phi) is 34.1. The SMILES string of the molecule is Cc1cc(OCCCC(=O)NCCCOCCOCCOCCCNC(=O)[C@@H](Cc2ccc(OS(=O)(=O)O)cc2)NC(=O)CN2CCN(CC(=O)O)CCN(CC(=O)O)CCN(CC(=O)O)CC2)cc(C)c1S(=O)(=O)N[C@H](CNC(=O)c1ccc2c(cnn2CCCNc2ncc[nH]2)c1)C(=O)O. The highest BCUT2D eigenvalue weighted by Crippen LogP contribution is 2.27. The Balaban J connectivity index is 0.828. The Morgan fingerprint density at radius 1 is 0.608 bits per heavy atom. The fourth-order valence-corrected chi connectivity index (χ4v) is 12.8.